The van der Waals surface area contributed by atoms with E-state index in [1.54, 1.807) is 19.2 Å². The van der Waals surface area contributed by atoms with Gasteiger partial charge in [0.15, 0.2) is 23.0 Å². The fraction of sp³-hybridized carbons (Fsp3) is 0.531. The first kappa shape index (κ1) is 55.9. The number of amides is 5. The number of phenols is 1. The van der Waals surface area contributed by atoms with Crippen LogP contribution in [0, 0.1) is 5.92 Å². The molecule has 66 heavy (non-hydrogen) atoms. The number of likely N-dealkylation sites (N-methyl/N-ethyl adjacent to an activating group) is 2. The van der Waals surface area contributed by atoms with Gasteiger partial charge in [-0.15, -0.1) is 0 Å². The predicted molar refractivity (Wildman–Crippen MR) is 255 cm³/mol. The maximum absolute atomic E-state index is 13.5. The summed E-state index contributed by atoms with van der Waals surface area (Å²) in [5, 5.41) is 20.9. The Bertz CT molecular complexity index is 1980. The van der Waals surface area contributed by atoms with Gasteiger partial charge in [0.05, 0.1) is 41.5 Å². The summed E-state index contributed by atoms with van der Waals surface area (Å²) in [7, 11) is 9.11. The van der Waals surface area contributed by atoms with Crippen LogP contribution in [-0.4, -0.2) is 131 Å². The van der Waals surface area contributed by atoms with Crippen molar-refractivity contribution in [3.8, 4) is 34.5 Å². The molecule has 3 aromatic rings. The van der Waals surface area contributed by atoms with Crippen molar-refractivity contribution in [1.82, 2.24) is 31.1 Å². The van der Waals surface area contributed by atoms with Gasteiger partial charge in [0, 0.05) is 39.6 Å². The minimum absolute atomic E-state index is 0.0362. The Hall–Kier alpha value is -6.23. The first-order chi connectivity index (χ1) is 31.1. The second-order valence-corrected chi connectivity index (χ2v) is 17.2. The number of methoxy groups -OCH3 is 4. The van der Waals surface area contributed by atoms with E-state index < -0.39 is 35.9 Å². The third kappa shape index (κ3) is 18.3. The summed E-state index contributed by atoms with van der Waals surface area (Å²) in [6.07, 6.45) is -0.133. The predicted octanol–water partition coefficient (Wildman–Crippen LogP) is 5.62. The van der Waals surface area contributed by atoms with Crippen molar-refractivity contribution in [1.29, 1.82) is 0 Å². The number of phenolic OH excluding ortho intramolecular Hbond substituents is 1. The Labute approximate surface area is 391 Å². The smallest absolute Gasteiger partial charge is 0.415 e. The van der Waals surface area contributed by atoms with E-state index in [-0.39, 0.29) is 67.9 Å². The molecule has 5 amide bonds. The van der Waals surface area contributed by atoms with Gasteiger partial charge in [-0.05, 0) is 65.1 Å². The van der Waals surface area contributed by atoms with Gasteiger partial charge in [-0.25, -0.2) is 4.79 Å². The molecule has 0 aromatic heterocycles. The molecule has 366 valence electrons. The number of hydrogen-bond donors (Lipinski definition) is 5. The molecule has 0 spiro atoms. The number of carbonyl (C=O) groups is 5. The molecule has 2 atom stereocenters. The second kappa shape index (κ2) is 28.0. The maximum atomic E-state index is 13.5. The molecular weight excluding hydrogens is 849 g/mol. The molecule has 0 fully saturated rings. The summed E-state index contributed by atoms with van der Waals surface area (Å²) in [4.78, 5) is 68.2. The molecule has 0 saturated heterocycles. The van der Waals surface area contributed by atoms with Crippen LogP contribution < -0.4 is 45.0 Å². The Morgan fingerprint density at radius 3 is 1.61 bits per heavy atom. The summed E-state index contributed by atoms with van der Waals surface area (Å²) >= 11 is 0. The highest BCUT2D eigenvalue weighted by Crippen LogP contribution is 2.41. The van der Waals surface area contributed by atoms with Crippen LogP contribution in [0.1, 0.15) is 90.3 Å². The highest BCUT2D eigenvalue weighted by molar-refractivity contribution is 5.93. The SMILES string of the molecule is COc1cc(C(C)C)cc(OC)c1O.COc1cc(C(C)C)cc(OC)c1OC(=O)N(C)CCN(C)C(=O)CNC(=O)C(CC(C)C)NC(=O)C(Cc1ccccc1)NC(=O)CNC(C)C. The van der Waals surface area contributed by atoms with Crippen LogP contribution >= 0.6 is 0 Å². The minimum atomic E-state index is -0.945. The van der Waals surface area contributed by atoms with Crippen molar-refractivity contribution in [3.05, 3.63) is 71.3 Å². The summed E-state index contributed by atoms with van der Waals surface area (Å²) in [5.41, 5.74) is 2.88. The van der Waals surface area contributed by atoms with Crippen molar-refractivity contribution in [2.45, 2.75) is 98.2 Å². The largest absolute Gasteiger partial charge is 0.502 e. The van der Waals surface area contributed by atoms with E-state index in [1.165, 1.54) is 45.3 Å². The highest BCUT2D eigenvalue weighted by Gasteiger charge is 2.29. The Morgan fingerprint density at radius 2 is 1.14 bits per heavy atom. The molecule has 0 aliphatic rings. The van der Waals surface area contributed by atoms with Gasteiger partial charge in [0.1, 0.15) is 12.1 Å². The Kier molecular flexibility index (Phi) is 23.7. The molecule has 3 rings (SSSR count). The van der Waals surface area contributed by atoms with Gasteiger partial charge in [0.25, 0.3) is 0 Å². The molecule has 5 N–H and O–H groups in total. The first-order valence-electron chi connectivity index (χ1n) is 22.2. The third-order valence-electron chi connectivity index (χ3n) is 10.4. The molecule has 3 aromatic carbocycles. The lowest BCUT2D eigenvalue weighted by Gasteiger charge is -2.25. The fourth-order valence-electron chi connectivity index (χ4n) is 6.26. The summed E-state index contributed by atoms with van der Waals surface area (Å²) in [5.74, 6) is 0.653. The van der Waals surface area contributed by atoms with Gasteiger partial charge in [0.2, 0.25) is 35.1 Å². The van der Waals surface area contributed by atoms with Gasteiger partial charge < -0.3 is 59.9 Å². The lowest BCUT2D eigenvalue weighted by Crippen LogP contribution is -2.56. The topological polar surface area (TPSA) is 206 Å². The third-order valence-corrected chi connectivity index (χ3v) is 10.4. The van der Waals surface area contributed by atoms with Crippen LogP contribution in [0.2, 0.25) is 0 Å². The van der Waals surface area contributed by atoms with Crippen LogP contribution in [0.5, 0.6) is 34.5 Å². The zero-order valence-electron chi connectivity index (χ0n) is 41.3. The van der Waals surface area contributed by atoms with Crippen LogP contribution in [0.4, 0.5) is 4.79 Å². The number of nitrogens with one attached hydrogen (secondary N) is 4. The van der Waals surface area contributed by atoms with Crippen LogP contribution in [-0.2, 0) is 25.6 Å². The number of hydrogen-bond acceptors (Lipinski definition) is 12. The van der Waals surface area contributed by atoms with Gasteiger partial charge in [-0.1, -0.05) is 85.7 Å². The summed E-state index contributed by atoms with van der Waals surface area (Å²) < 4.78 is 26.6. The van der Waals surface area contributed by atoms with Crippen molar-refractivity contribution in [3.63, 3.8) is 0 Å². The summed E-state index contributed by atoms with van der Waals surface area (Å²) in [6.45, 7) is 15.9. The number of ether oxygens (including phenoxy) is 5. The monoisotopic (exact) mass is 923 g/mol. The van der Waals surface area contributed by atoms with Crippen LogP contribution in [0.15, 0.2) is 54.6 Å². The molecule has 17 heteroatoms. The molecule has 17 nitrogen and oxygen atoms in total. The zero-order valence-corrected chi connectivity index (χ0v) is 41.3. The standard InChI is InChI=1S/C38H58N6O8.C11H16O3/c1-24(2)18-29(42-37(48)30(19-27-14-12-11-13-15-27)41-33(45)22-39-26(5)6)36(47)40-23-34(46)43(7)16-17-44(8)38(49)52-35-31(50-9)20-28(25(3)4)21-32(35)51-10;1-7(2)8-5-9(13-3)11(12)10(6-8)14-4/h11-15,20-21,24-26,29-30,39H,16-19,22-23H2,1-10H3,(H,40,47)(H,41,45)(H,42,48);5-7,12H,1-4H3. The first-order valence-corrected chi connectivity index (χ1v) is 22.2. The van der Waals surface area contributed by atoms with Gasteiger partial charge in [-0.3, -0.25) is 19.2 Å². The van der Waals surface area contributed by atoms with Crippen molar-refractivity contribution in [2.75, 3.05) is 68.7 Å². The number of nitrogens with zero attached hydrogens (tertiary/aromatic N) is 2. The minimum Gasteiger partial charge on any atom is -0.502 e. The normalized spacial score (nSPS) is 11.8. The van der Waals surface area contributed by atoms with Crippen LogP contribution in [0.3, 0.4) is 0 Å². The van der Waals surface area contributed by atoms with Crippen LogP contribution in [0.25, 0.3) is 0 Å². The van der Waals surface area contributed by atoms with E-state index in [1.807, 2.05) is 84.0 Å². The number of benzene rings is 3. The van der Waals surface area contributed by atoms with E-state index in [9.17, 15) is 29.1 Å². The van der Waals surface area contributed by atoms with E-state index in [4.69, 9.17) is 23.7 Å². The maximum Gasteiger partial charge on any atom is 0.415 e. The van der Waals surface area contributed by atoms with E-state index in [0.29, 0.717) is 35.3 Å². The zero-order chi connectivity index (χ0) is 49.7. The molecular formula is C49H74N6O11. The van der Waals surface area contributed by atoms with E-state index in [0.717, 1.165) is 16.7 Å². The van der Waals surface area contributed by atoms with E-state index >= 15 is 0 Å². The van der Waals surface area contributed by atoms with E-state index in [2.05, 4.69) is 35.1 Å². The summed E-state index contributed by atoms with van der Waals surface area (Å²) in [6, 6.07) is 14.7. The Balaban J connectivity index is 0.000000906. The van der Waals surface area contributed by atoms with Crippen molar-refractivity contribution < 1.29 is 52.8 Å². The number of carbonyl (C=O) groups excluding carboxylic acids is 5. The molecule has 2 unspecified atom stereocenters. The lowest BCUT2D eigenvalue weighted by atomic mass is 10.0. The molecule has 0 bridgehead atoms. The average molecular weight is 923 g/mol. The quantitative estimate of drug-likeness (QED) is 0.0786. The molecule has 0 aliphatic carbocycles. The molecule has 0 saturated carbocycles. The number of rotatable bonds is 23. The Morgan fingerprint density at radius 1 is 0.636 bits per heavy atom. The molecule has 0 radical (unpaired) electrons. The van der Waals surface area contributed by atoms with Crippen molar-refractivity contribution >= 4 is 29.7 Å². The average Bonchev–Trinajstić information content (AvgIpc) is 3.28. The van der Waals surface area contributed by atoms with Gasteiger partial charge >= 0.3 is 6.09 Å². The molecule has 0 aliphatic heterocycles. The van der Waals surface area contributed by atoms with Crippen molar-refractivity contribution in [2.24, 2.45) is 5.92 Å². The second-order valence-electron chi connectivity index (χ2n) is 17.2. The highest BCUT2D eigenvalue weighted by atomic mass is 16.6. The fourth-order valence-corrected chi connectivity index (χ4v) is 6.26. The number of aromatic hydroxyl groups is 1. The molecule has 0 heterocycles. The van der Waals surface area contributed by atoms with Gasteiger partial charge in [-0.2, -0.15) is 0 Å². The lowest BCUT2D eigenvalue weighted by molar-refractivity contribution is -0.134.